The third-order valence-electron chi connectivity index (χ3n) is 3.75. The summed E-state index contributed by atoms with van der Waals surface area (Å²) in [5.41, 5.74) is 1.72. The van der Waals surface area contributed by atoms with Gasteiger partial charge < -0.3 is 9.77 Å². The second kappa shape index (κ2) is 8.14. The van der Waals surface area contributed by atoms with Crippen molar-refractivity contribution in [2.24, 2.45) is 5.16 Å². The van der Waals surface area contributed by atoms with Gasteiger partial charge in [0.2, 0.25) is 0 Å². The van der Waals surface area contributed by atoms with Crippen molar-refractivity contribution in [2.75, 3.05) is 0 Å². The van der Waals surface area contributed by atoms with Crippen LogP contribution in [0.15, 0.2) is 63.7 Å². The Morgan fingerprint density at radius 2 is 2.12 bits per heavy atom. The highest BCUT2D eigenvalue weighted by atomic mass is 32.2. The van der Waals surface area contributed by atoms with Gasteiger partial charge in [0.1, 0.15) is 17.1 Å². The molecule has 1 N–H and O–H groups in total. The first-order valence-corrected chi connectivity index (χ1v) is 9.01. The minimum atomic E-state index is -0.283. The van der Waals surface area contributed by atoms with Crippen molar-refractivity contribution < 1.29 is 9.60 Å². The van der Waals surface area contributed by atoms with Crippen molar-refractivity contribution in [3.8, 4) is 0 Å². The van der Waals surface area contributed by atoms with E-state index < -0.39 is 0 Å². The minimum Gasteiger partial charge on any atom is -0.411 e. The van der Waals surface area contributed by atoms with E-state index in [1.165, 1.54) is 30.1 Å². The topological polar surface area (TPSA) is 63.3 Å². The molecular formula is C19H19FN4OS. The average Bonchev–Trinajstić information content (AvgIpc) is 2.94. The van der Waals surface area contributed by atoms with Gasteiger partial charge in [0, 0.05) is 11.1 Å². The number of hydrogen-bond donors (Lipinski definition) is 1. The molecule has 0 saturated carbocycles. The lowest BCUT2D eigenvalue weighted by Gasteiger charge is -2.12. The zero-order chi connectivity index (χ0) is 18.5. The summed E-state index contributed by atoms with van der Waals surface area (Å²) in [5.74, 6) is 0.400. The maximum absolute atomic E-state index is 13.6. The normalized spacial score (nSPS) is 11.5. The van der Waals surface area contributed by atoms with Gasteiger partial charge in [-0.15, -0.1) is 0 Å². The van der Waals surface area contributed by atoms with E-state index in [-0.39, 0.29) is 11.7 Å². The Bertz CT molecular complexity index is 909. The Labute approximate surface area is 155 Å². The summed E-state index contributed by atoms with van der Waals surface area (Å²) in [6.07, 6.45) is 3.04. The van der Waals surface area contributed by atoms with Crippen LogP contribution >= 0.6 is 11.8 Å². The van der Waals surface area contributed by atoms with Crippen LogP contribution in [-0.4, -0.2) is 26.0 Å². The highest BCUT2D eigenvalue weighted by Crippen LogP contribution is 2.35. The van der Waals surface area contributed by atoms with Crippen LogP contribution in [-0.2, 0) is 6.54 Å². The molecule has 3 aromatic rings. The fourth-order valence-corrected chi connectivity index (χ4v) is 3.75. The molecule has 0 spiro atoms. The van der Waals surface area contributed by atoms with Crippen LogP contribution in [0.5, 0.6) is 0 Å². The Hall–Kier alpha value is -2.67. The minimum absolute atomic E-state index is 0.155. The quantitative estimate of drug-likeness (QED) is 0.393. The first kappa shape index (κ1) is 18.1. The molecule has 0 aliphatic carbocycles. The van der Waals surface area contributed by atoms with Gasteiger partial charge in [0.05, 0.1) is 17.9 Å². The fraction of sp³-hybridized carbons (Fsp3) is 0.211. The molecule has 0 saturated heterocycles. The molecule has 26 heavy (non-hydrogen) atoms. The van der Waals surface area contributed by atoms with Crippen LogP contribution in [0.1, 0.15) is 37.0 Å². The maximum Gasteiger partial charge on any atom is 0.156 e. The van der Waals surface area contributed by atoms with E-state index in [2.05, 4.69) is 15.1 Å². The molecule has 3 rings (SSSR count). The van der Waals surface area contributed by atoms with Gasteiger partial charge in [-0.25, -0.2) is 9.37 Å². The number of pyridine rings is 1. The molecule has 0 unspecified atom stereocenters. The van der Waals surface area contributed by atoms with Crippen molar-refractivity contribution in [2.45, 2.75) is 36.2 Å². The van der Waals surface area contributed by atoms with Crippen LogP contribution in [0.2, 0.25) is 0 Å². The zero-order valence-corrected chi connectivity index (χ0v) is 15.3. The molecule has 0 radical (unpaired) electrons. The largest absolute Gasteiger partial charge is 0.411 e. The summed E-state index contributed by atoms with van der Waals surface area (Å²) in [6, 6.07) is 12.1. The van der Waals surface area contributed by atoms with E-state index in [1.54, 1.807) is 12.3 Å². The Morgan fingerprint density at radius 3 is 2.77 bits per heavy atom. The predicted molar refractivity (Wildman–Crippen MR) is 99.6 cm³/mol. The standard InChI is InChI=1S/C19H19FN4OS/c1-13(2)18-19(26-16-8-5-6-14(20)10-16)24(17(23-18)11-22-25)12-15-7-3-4-9-21-15/h3-11,13,25H,12H2,1-2H3/b22-11+. The smallest absolute Gasteiger partial charge is 0.156 e. The summed E-state index contributed by atoms with van der Waals surface area (Å²) in [7, 11) is 0. The molecule has 7 heteroatoms. The average molecular weight is 370 g/mol. The SMILES string of the molecule is CC(C)c1nc(/C=N/O)n(Cc2ccccn2)c1Sc1cccc(F)c1. The molecule has 1 aromatic carbocycles. The van der Waals surface area contributed by atoms with Crippen LogP contribution in [0.25, 0.3) is 0 Å². The second-order valence-electron chi connectivity index (χ2n) is 6.03. The third-order valence-corrected chi connectivity index (χ3v) is 4.87. The summed E-state index contributed by atoms with van der Waals surface area (Å²) >= 11 is 1.44. The van der Waals surface area contributed by atoms with Crippen molar-refractivity contribution in [3.05, 3.63) is 71.7 Å². The number of aromatic nitrogens is 3. The third kappa shape index (κ3) is 4.11. The van der Waals surface area contributed by atoms with E-state index in [0.29, 0.717) is 12.4 Å². The highest BCUT2D eigenvalue weighted by molar-refractivity contribution is 7.99. The summed E-state index contributed by atoms with van der Waals surface area (Å²) < 4.78 is 15.5. The second-order valence-corrected chi connectivity index (χ2v) is 7.09. The molecule has 0 aliphatic heterocycles. The molecule has 0 amide bonds. The highest BCUT2D eigenvalue weighted by Gasteiger charge is 2.20. The monoisotopic (exact) mass is 370 g/mol. The van der Waals surface area contributed by atoms with Crippen molar-refractivity contribution in [1.29, 1.82) is 0 Å². The Balaban J connectivity index is 2.09. The number of oxime groups is 1. The first-order valence-electron chi connectivity index (χ1n) is 8.19. The summed E-state index contributed by atoms with van der Waals surface area (Å²) in [5, 5.41) is 13.0. The van der Waals surface area contributed by atoms with E-state index in [1.807, 2.05) is 42.7 Å². The van der Waals surface area contributed by atoms with E-state index in [9.17, 15) is 4.39 Å². The summed E-state index contributed by atoms with van der Waals surface area (Å²) in [4.78, 5) is 9.77. The van der Waals surface area contributed by atoms with Crippen molar-refractivity contribution in [3.63, 3.8) is 0 Å². The number of imidazole rings is 1. The van der Waals surface area contributed by atoms with Crippen LogP contribution in [0.4, 0.5) is 4.39 Å². The molecule has 0 bridgehead atoms. The Morgan fingerprint density at radius 1 is 1.27 bits per heavy atom. The predicted octanol–water partition coefficient (Wildman–Crippen LogP) is 4.55. The molecule has 2 heterocycles. The lowest BCUT2D eigenvalue weighted by molar-refractivity contribution is 0.321. The number of halogens is 1. The van der Waals surface area contributed by atoms with Crippen LogP contribution < -0.4 is 0 Å². The van der Waals surface area contributed by atoms with Gasteiger partial charge in [-0.05, 0) is 36.2 Å². The lowest BCUT2D eigenvalue weighted by atomic mass is 10.1. The van der Waals surface area contributed by atoms with Crippen LogP contribution in [0, 0.1) is 5.82 Å². The van der Waals surface area contributed by atoms with Gasteiger partial charge in [0.25, 0.3) is 0 Å². The van der Waals surface area contributed by atoms with Crippen molar-refractivity contribution >= 4 is 18.0 Å². The van der Waals surface area contributed by atoms with E-state index in [4.69, 9.17) is 5.21 Å². The molecule has 0 aliphatic rings. The van der Waals surface area contributed by atoms with Gasteiger partial charge in [-0.1, -0.05) is 42.9 Å². The van der Waals surface area contributed by atoms with Gasteiger partial charge in [-0.2, -0.15) is 0 Å². The molecule has 2 aromatic heterocycles. The number of benzene rings is 1. The molecule has 0 fully saturated rings. The van der Waals surface area contributed by atoms with Gasteiger partial charge in [-0.3, -0.25) is 4.98 Å². The lowest BCUT2D eigenvalue weighted by Crippen LogP contribution is -2.07. The Kier molecular flexibility index (Phi) is 5.68. The molecule has 0 atom stereocenters. The van der Waals surface area contributed by atoms with Gasteiger partial charge >= 0.3 is 0 Å². The number of rotatable bonds is 6. The fourth-order valence-electron chi connectivity index (χ4n) is 2.56. The van der Waals surface area contributed by atoms with E-state index in [0.717, 1.165) is 21.3 Å². The maximum atomic E-state index is 13.6. The number of nitrogens with zero attached hydrogens (tertiary/aromatic N) is 4. The van der Waals surface area contributed by atoms with Gasteiger partial charge in [0.15, 0.2) is 5.82 Å². The van der Waals surface area contributed by atoms with Crippen LogP contribution in [0.3, 0.4) is 0 Å². The van der Waals surface area contributed by atoms with E-state index >= 15 is 0 Å². The molecular weight excluding hydrogens is 351 g/mol. The van der Waals surface area contributed by atoms with Crippen molar-refractivity contribution in [1.82, 2.24) is 14.5 Å². The first-order chi connectivity index (χ1) is 12.6. The summed E-state index contributed by atoms with van der Waals surface area (Å²) in [6.45, 7) is 4.56. The zero-order valence-electron chi connectivity index (χ0n) is 14.5. The number of hydrogen-bond acceptors (Lipinski definition) is 5. The molecule has 134 valence electrons. The molecule has 5 nitrogen and oxygen atoms in total.